The van der Waals surface area contributed by atoms with E-state index in [0.717, 1.165) is 0 Å². The molecule has 0 radical (unpaired) electrons. The quantitative estimate of drug-likeness (QED) is 0.794. The van der Waals surface area contributed by atoms with Gasteiger partial charge in [-0.15, -0.1) is 0 Å². The summed E-state index contributed by atoms with van der Waals surface area (Å²) in [5.41, 5.74) is -1.49. The van der Waals surface area contributed by atoms with Crippen molar-refractivity contribution in [3.05, 3.63) is 29.3 Å². The molecular weight excluding hydrogens is 294 g/mol. The van der Waals surface area contributed by atoms with E-state index < -0.39 is 17.4 Å². The molecule has 0 heterocycles. The molecule has 0 atom stereocenters. The molecule has 0 saturated heterocycles. The van der Waals surface area contributed by atoms with Gasteiger partial charge in [0.05, 0.1) is 0 Å². The van der Waals surface area contributed by atoms with Crippen LogP contribution in [0, 0.1) is 6.92 Å². The van der Waals surface area contributed by atoms with Gasteiger partial charge in [-0.3, -0.25) is 9.59 Å². The summed E-state index contributed by atoms with van der Waals surface area (Å²) in [5, 5.41) is 14.3. The number of benzene rings is 1. The van der Waals surface area contributed by atoms with Crippen molar-refractivity contribution in [2.75, 3.05) is 12.4 Å². The summed E-state index contributed by atoms with van der Waals surface area (Å²) in [5.74, 6) is -5.81. The molecule has 3 N–H and O–H groups in total. The van der Waals surface area contributed by atoms with Crippen LogP contribution in [0.3, 0.4) is 0 Å². The smallest absolute Gasteiger partial charge is 0.352 e. The maximum Gasteiger partial charge on any atom is 0.352 e. The molecule has 0 bridgehead atoms. The van der Waals surface area contributed by atoms with Gasteiger partial charge in [0.15, 0.2) is 0 Å². The van der Waals surface area contributed by atoms with Crippen LogP contribution in [-0.4, -0.2) is 35.5 Å². The zero-order valence-corrected chi connectivity index (χ0v) is 12.4. The van der Waals surface area contributed by atoms with Gasteiger partial charge in [0.1, 0.15) is 5.60 Å². The Labute approximate surface area is 126 Å². The summed E-state index contributed by atoms with van der Waals surface area (Å²) >= 11 is 0. The van der Waals surface area contributed by atoms with Crippen LogP contribution in [0.4, 0.5) is 14.5 Å². The number of anilines is 1. The number of amides is 2. The Morgan fingerprint density at radius 3 is 2.45 bits per heavy atom. The van der Waals surface area contributed by atoms with Crippen LogP contribution in [-0.2, 0) is 4.79 Å². The van der Waals surface area contributed by atoms with Gasteiger partial charge in [-0.25, -0.2) is 0 Å². The molecular formula is C15H18F2N2O3. The molecule has 5 nitrogen and oxygen atoms in total. The minimum atomic E-state index is -3.87. The van der Waals surface area contributed by atoms with Crippen molar-refractivity contribution in [3.8, 4) is 0 Å². The lowest BCUT2D eigenvalue weighted by Gasteiger charge is -2.41. The van der Waals surface area contributed by atoms with Crippen LogP contribution >= 0.6 is 0 Å². The maximum atomic E-state index is 14.0. The first-order chi connectivity index (χ1) is 10.2. The molecule has 1 fully saturated rings. The molecule has 7 heteroatoms. The SMILES string of the molecule is CNC(=O)c1cccc(NC(=O)C(F)(F)C2(O)CCC2)c1C. The third-order valence-electron chi connectivity index (χ3n) is 4.10. The number of nitrogens with one attached hydrogen (secondary N) is 2. The Balaban J connectivity index is 2.24. The van der Waals surface area contributed by atoms with Crippen LogP contribution in [0.15, 0.2) is 18.2 Å². The van der Waals surface area contributed by atoms with Crippen molar-refractivity contribution < 1.29 is 23.5 Å². The molecule has 0 aliphatic heterocycles. The first-order valence-electron chi connectivity index (χ1n) is 6.96. The molecule has 22 heavy (non-hydrogen) atoms. The lowest BCUT2D eigenvalue weighted by atomic mass is 9.75. The molecule has 1 aliphatic carbocycles. The number of alkyl halides is 2. The minimum absolute atomic E-state index is 0.106. The summed E-state index contributed by atoms with van der Waals surface area (Å²) < 4.78 is 28.1. The predicted molar refractivity (Wildman–Crippen MR) is 76.9 cm³/mol. The number of aliphatic hydroxyl groups is 1. The summed E-state index contributed by atoms with van der Waals surface area (Å²) in [6.45, 7) is 1.55. The number of carbonyl (C=O) groups is 2. The summed E-state index contributed by atoms with van der Waals surface area (Å²) in [4.78, 5) is 23.5. The Hall–Kier alpha value is -2.02. The van der Waals surface area contributed by atoms with Crippen molar-refractivity contribution in [2.24, 2.45) is 0 Å². The summed E-state index contributed by atoms with van der Waals surface area (Å²) in [6.07, 6.45) is 0.250. The molecule has 2 rings (SSSR count). The summed E-state index contributed by atoms with van der Waals surface area (Å²) in [6, 6.07) is 4.45. The highest BCUT2D eigenvalue weighted by Gasteiger charge is 2.61. The lowest BCUT2D eigenvalue weighted by Crippen LogP contribution is -2.59. The van der Waals surface area contributed by atoms with Gasteiger partial charge in [-0.1, -0.05) is 6.07 Å². The maximum absolute atomic E-state index is 14.0. The monoisotopic (exact) mass is 312 g/mol. The fraction of sp³-hybridized carbons (Fsp3) is 0.467. The fourth-order valence-corrected chi connectivity index (χ4v) is 2.39. The number of rotatable bonds is 4. The third-order valence-corrected chi connectivity index (χ3v) is 4.10. The Morgan fingerprint density at radius 2 is 1.95 bits per heavy atom. The second-order valence-electron chi connectivity index (χ2n) is 5.47. The normalized spacial score (nSPS) is 16.6. The van der Waals surface area contributed by atoms with Gasteiger partial charge in [0.25, 0.3) is 11.8 Å². The zero-order chi connectivity index (χ0) is 16.5. The van der Waals surface area contributed by atoms with E-state index in [0.29, 0.717) is 12.0 Å². The first-order valence-corrected chi connectivity index (χ1v) is 6.96. The van der Waals surface area contributed by atoms with Crippen LogP contribution < -0.4 is 10.6 Å². The van der Waals surface area contributed by atoms with Gasteiger partial charge >= 0.3 is 5.92 Å². The van der Waals surface area contributed by atoms with Crippen molar-refractivity contribution in [1.82, 2.24) is 5.32 Å². The summed E-state index contributed by atoms with van der Waals surface area (Å²) in [7, 11) is 1.45. The van der Waals surface area contributed by atoms with Gasteiger partial charge in [-0.2, -0.15) is 8.78 Å². The van der Waals surface area contributed by atoms with E-state index in [4.69, 9.17) is 0 Å². The van der Waals surface area contributed by atoms with Gasteiger partial charge in [0.2, 0.25) is 0 Å². The Bertz CT molecular complexity index is 613. The van der Waals surface area contributed by atoms with Crippen molar-refractivity contribution in [1.29, 1.82) is 0 Å². The minimum Gasteiger partial charge on any atom is -0.383 e. The Morgan fingerprint density at radius 1 is 1.32 bits per heavy atom. The van der Waals surface area contributed by atoms with E-state index in [1.807, 2.05) is 0 Å². The van der Waals surface area contributed by atoms with Crippen molar-refractivity contribution >= 4 is 17.5 Å². The van der Waals surface area contributed by atoms with Gasteiger partial charge < -0.3 is 15.7 Å². The molecule has 1 saturated carbocycles. The average Bonchev–Trinajstić information content (AvgIpc) is 2.45. The highest BCUT2D eigenvalue weighted by atomic mass is 19.3. The van der Waals surface area contributed by atoms with Crippen molar-refractivity contribution in [3.63, 3.8) is 0 Å². The van der Waals surface area contributed by atoms with E-state index >= 15 is 0 Å². The third kappa shape index (κ3) is 2.56. The first kappa shape index (κ1) is 16.4. The van der Waals surface area contributed by atoms with Crippen LogP contribution in [0.5, 0.6) is 0 Å². The van der Waals surface area contributed by atoms with E-state index in [9.17, 15) is 23.5 Å². The topological polar surface area (TPSA) is 78.4 Å². The predicted octanol–water partition coefficient (Wildman–Crippen LogP) is 1.84. The van der Waals surface area contributed by atoms with Gasteiger partial charge in [0, 0.05) is 18.3 Å². The highest BCUT2D eigenvalue weighted by Crippen LogP contribution is 2.44. The Kier molecular flexibility index (Phi) is 4.19. The molecule has 2 amide bonds. The number of hydrogen-bond donors (Lipinski definition) is 3. The molecule has 0 spiro atoms. The van der Waals surface area contributed by atoms with E-state index in [-0.39, 0.29) is 30.0 Å². The molecule has 0 aromatic heterocycles. The zero-order valence-electron chi connectivity index (χ0n) is 12.4. The number of carbonyl (C=O) groups excluding carboxylic acids is 2. The second kappa shape index (κ2) is 5.64. The largest absolute Gasteiger partial charge is 0.383 e. The van der Waals surface area contributed by atoms with Gasteiger partial charge in [-0.05, 0) is 43.9 Å². The van der Waals surface area contributed by atoms with Crippen LogP contribution in [0.2, 0.25) is 0 Å². The van der Waals surface area contributed by atoms with Crippen LogP contribution in [0.25, 0.3) is 0 Å². The number of halogens is 2. The fourth-order valence-electron chi connectivity index (χ4n) is 2.39. The standard InChI is InChI=1S/C15H18F2N2O3/c1-9-10(12(20)18-2)5-3-6-11(9)19-13(21)15(16,17)14(22)7-4-8-14/h3,5-6,22H,4,7-8H2,1-2H3,(H,18,20)(H,19,21). The molecule has 1 aromatic carbocycles. The second-order valence-corrected chi connectivity index (χ2v) is 5.47. The molecule has 0 unspecified atom stereocenters. The van der Waals surface area contributed by atoms with E-state index in [1.165, 1.54) is 25.2 Å². The average molecular weight is 312 g/mol. The lowest BCUT2D eigenvalue weighted by molar-refractivity contribution is -0.212. The van der Waals surface area contributed by atoms with Crippen molar-refractivity contribution in [2.45, 2.75) is 37.7 Å². The molecule has 120 valence electrons. The van der Waals surface area contributed by atoms with E-state index in [1.54, 1.807) is 6.92 Å². The highest BCUT2D eigenvalue weighted by molar-refractivity contribution is 6.01. The number of hydrogen-bond acceptors (Lipinski definition) is 3. The molecule has 1 aliphatic rings. The molecule has 1 aromatic rings. The van der Waals surface area contributed by atoms with E-state index in [2.05, 4.69) is 10.6 Å². The van der Waals surface area contributed by atoms with Crippen LogP contribution in [0.1, 0.15) is 35.2 Å².